The molecule has 2 aliphatic heterocycles. The molecule has 2 fully saturated rings. The average Bonchev–Trinajstić information content (AvgIpc) is 3.07. The van der Waals surface area contributed by atoms with Gasteiger partial charge in [-0.25, -0.2) is 19.6 Å². The van der Waals surface area contributed by atoms with Crippen LogP contribution in [0.25, 0.3) is 0 Å². The zero-order chi connectivity index (χ0) is 41.5. The van der Waals surface area contributed by atoms with Crippen LogP contribution in [0.2, 0.25) is 0 Å². The van der Waals surface area contributed by atoms with Crippen molar-refractivity contribution in [1.29, 1.82) is 0 Å². The molecular weight excluding hydrogens is 1090 g/mol. The van der Waals surface area contributed by atoms with Crippen LogP contribution in [0.5, 0.6) is 5.88 Å². The van der Waals surface area contributed by atoms with Gasteiger partial charge in [0.15, 0.2) is 0 Å². The van der Waals surface area contributed by atoms with Crippen LogP contribution in [0.1, 0.15) is 81.1 Å². The number of aliphatic hydroxyl groups is 1. The van der Waals surface area contributed by atoms with Crippen molar-refractivity contribution >= 4 is 92.3 Å². The SMILES string of the molecule is CC.CC(C)(C)OC(=O)N1CCC(O)CC1.CC(C)(C)OC(=O)N1CCC(Oc2ccccn2)CC1.Fc1ccccn1.I[C-](I)I.O=C=O.O=C=O.[V]. The summed E-state index contributed by atoms with van der Waals surface area (Å²) in [5, 5.41) is 9.26. The van der Waals surface area contributed by atoms with Crippen molar-refractivity contribution in [2.45, 2.75) is 104 Å². The molecule has 0 spiro atoms. The monoisotopic (exact) mass is 1140 g/mol. The van der Waals surface area contributed by atoms with Gasteiger partial charge in [0.25, 0.3) is 0 Å². The topological polar surface area (TPSA) is 183 Å². The molecule has 4 rings (SSSR count). The Labute approximate surface area is 371 Å². The molecule has 0 bridgehead atoms. The number of hydrogen-bond donors (Lipinski definition) is 1. The predicted octanol–water partition coefficient (Wildman–Crippen LogP) is 8.05. The van der Waals surface area contributed by atoms with Crippen molar-refractivity contribution < 1.29 is 71.0 Å². The first-order valence-corrected chi connectivity index (χ1v) is 19.6. The number of rotatable bonds is 2. The minimum atomic E-state index is -0.446. The van der Waals surface area contributed by atoms with Crippen LogP contribution < -0.4 is 4.74 Å². The van der Waals surface area contributed by atoms with E-state index >= 15 is 0 Å². The molecule has 2 amide bonds. The van der Waals surface area contributed by atoms with E-state index in [0.29, 0.717) is 44.9 Å². The Bertz CT molecular complexity index is 1270. The number of piperidine rings is 2. The zero-order valence-electron chi connectivity index (χ0n) is 31.8. The number of carbonyl (C=O) groups is 2. The van der Waals surface area contributed by atoms with Gasteiger partial charge in [0.2, 0.25) is 11.8 Å². The van der Waals surface area contributed by atoms with E-state index < -0.39 is 17.1 Å². The van der Waals surface area contributed by atoms with Crippen molar-refractivity contribution in [2.75, 3.05) is 26.2 Å². The summed E-state index contributed by atoms with van der Waals surface area (Å²) in [5.41, 5.74) is -0.883. The standard InChI is InChI=1S/C15H22N2O3.C10H19NO3.C5H4FN.C2H6.CI3.2CO2.V/c1-15(2,3)20-14(18)17-10-7-12(8-11-17)19-13-6-4-5-9-16-13;1-10(2,3)14-9(13)11-6-4-8(12)5-7-11;6-5-3-1-2-4-7-5;1-2;2-1(3)4;2*2-1-3;/h4-6,9,12H,7-8,10-11H2,1-3H3;8,12H,4-7H2,1-3H3;1-4H;1-2H3;;;;/q;;;;-1;;;. The van der Waals surface area contributed by atoms with E-state index in [1.807, 2.05) is 73.6 Å². The average molecular weight is 1140 g/mol. The molecule has 2 saturated heterocycles. The Hall–Kier alpha value is -1.94. The molecule has 1 radical (unpaired) electrons. The van der Waals surface area contributed by atoms with Crippen LogP contribution in [0.3, 0.4) is 0 Å². The summed E-state index contributed by atoms with van der Waals surface area (Å²) >= 11 is 6.70. The molecule has 0 saturated carbocycles. The van der Waals surface area contributed by atoms with Crippen LogP contribution in [-0.4, -0.2) is 99.0 Å². The first-order valence-electron chi connectivity index (χ1n) is 16.4. The fraction of sp³-hybridized carbons (Fsp3) is 0.571. The van der Waals surface area contributed by atoms with E-state index in [1.165, 1.54) is 12.2 Å². The molecule has 4 heterocycles. The molecule has 54 heavy (non-hydrogen) atoms. The van der Waals surface area contributed by atoms with Gasteiger partial charge in [-0.2, -0.15) is 23.6 Å². The van der Waals surface area contributed by atoms with Gasteiger partial charge in [-0.05, 0) is 72.6 Å². The second kappa shape index (κ2) is 35.5. The summed E-state index contributed by atoms with van der Waals surface area (Å²) in [6.07, 6.45) is 5.88. The number of pyridine rings is 2. The number of hydrogen-bond acceptors (Lipinski definition) is 12. The maximum absolute atomic E-state index is 11.9. The van der Waals surface area contributed by atoms with Crippen LogP contribution in [0.15, 0.2) is 48.8 Å². The number of amides is 2. The molecule has 14 nitrogen and oxygen atoms in total. The minimum absolute atomic E-state index is 0. The van der Waals surface area contributed by atoms with E-state index in [0.717, 1.165) is 12.8 Å². The molecule has 1 N–H and O–H groups in total. The second-order valence-electron chi connectivity index (χ2n) is 12.2. The summed E-state index contributed by atoms with van der Waals surface area (Å²) in [4.78, 5) is 66.8. The van der Waals surface area contributed by atoms with Gasteiger partial charge >= 0.3 is 24.5 Å². The fourth-order valence-corrected chi connectivity index (χ4v) is 3.79. The first-order chi connectivity index (χ1) is 24.8. The molecule has 0 aromatic carbocycles. The van der Waals surface area contributed by atoms with E-state index in [1.54, 1.807) is 28.1 Å². The Morgan fingerprint density at radius 1 is 0.759 bits per heavy atom. The quantitative estimate of drug-likeness (QED) is 0.174. The largest absolute Gasteiger partial charge is 0.474 e. The molecule has 2 aromatic heterocycles. The van der Waals surface area contributed by atoms with Crippen molar-refractivity contribution in [3.63, 3.8) is 0 Å². The van der Waals surface area contributed by atoms with Crippen molar-refractivity contribution in [2.24, 2.45) is 0 Å². The van der Waals surface area contributed by atoms with Gasteiger partial charge < -0.3 is 29.1 Å². The van der Waals surface area contributed by atoms with Crippen LogP contribution in [0, 0.1) is 5.89 Å². The van der Waals surface area contributed by atoms with Crippen molar-refractivity contribution in [1.82, 2.24) is 19.8 Å². The number of halogens is 4. The molecule has 0 atom stereocenters. The minimum Gasteiger partial charge on any atom is -0.474 e. The summed E-state index contributed by atoms with van der Waals surface area (Å²) in [7, 11) is 0. The predicted molar refractivity (Wildman–Crippen MR) is 220 cm³/mol. The van der Waals surface area contributed by atoms with Crippen molar-refractivity contribution in [3.8, 4) is 5.88 Å². The van der Waals surface area contributed by atoms with E-state index in [9.17, 15) is 19.1 Å². The molecule has 19 heteroatoms. The maximum atomic E-state index is 11.9. The van der Waals surface area contributed by atoms with E-state index in [2.05, 4.69) is 77.7 Å². The summed E-state index contributed by atoms with van der Waals surface area (Å²) in [6.45, 7) is 17.7. The van der Waals surface area contributed by atoms with E-state index in [4.69, 9.17) is 33.4 Å². The zero-order valence-corrected chi connectivity index (χ0v) is 39.7. The molecule has 2 aromatic rings. The number of nitrogens with zero attached hydrogens (tertiary/aromatic N) is 4. The third-order valence-corrected chi connectivity index (χ3v) is 5.76. The molecular formula is C35H51FI3N4O10V-. The number of carbonyl (C=O) groups excluding carboxylic acids is 6. The number of likely N-dealkylation sites (tertiary alicyclic amines) is 2. The van der Waals surface area contributed by atoms with E-state index in [-0.39, 0.29) is 55.3 Å². The molecule has 0 unspecified atom stereocenters. The molecule has 2 aliphatic rings. The Morgan fingerprint density at radius 2 is 1.11 bits per heavy atom. The smallest absolute Gasteiger partial charge is 0.410 e. The van der Waals surface area contributed by atoms with Crippen molar-refractivity contribution in [3.05, 3.63) is 54.7 Å². The third-order valence-electron chi connectivity index (χ3n) is 5.76. The first kappa shape index (κ1) is 58.8. The van der Waals surface area contributed by atoms with Crippen LogP contribution in [-0.2, 0) is 47.2 Å². The normalized spacial score (nSPS) is 13.5. The molecule has 305 valence electrons. The van der Waals surface area contributed by atoms with Gasteiger partial charge in [-0.3, -0.25) is 67.8 Å². The van der Waals surface area contributed by atoms with Gasteiger partial charge in [0.05, 0.1) is 6.10 Å². The van der Waals surface area contributed by atoms with Crippen LogP contribution in [0.4, 0.5) is 14.0 Å². The molecule has 0 aliphatic carbocycles. The fourth-order valence-electron chi connectivity index (χ4n) is 3.79. The summed E-state index contributed by atoms with van der Waals surface area (Å²) in [5.74, 6) is 0.214. The summed E-state index contributed by atoms with van der Waals surface area (Å²) in [6, 6.07) is 10.2. The Kier molecular flexibility index (Phi) is 38.6. The number of aromatic nitrogens is 2. The number of aliphatic hydroxyl groups excluding tert-OH is 1. The third kappa shape index (κ3) is 38.3. The van der Waals surface area contributed by atoms with Crippen LogP contribution >= 0.6 is 67.8 Å². The maximum Gasteiger partial charge on any atom is 0.410 e. The number of ether oxygens (including phenoxy) is 3. The van der Waals surface area contributed by atoms with Gasteiger partial charge in [-0.1, -0.05) is 26.0 Å². The van der Waals surface area contributed by atoms with Gasteiger partial charge in [0, 0.05) is 76.0 Å². The van der Waals surface area contributed by atoms with Gasteiger partial charge in [0.1, 0.15) is 17.3 Å². The summed E-state index contributed by atoms with van der Waals surface area (Å²) < 4.78 is 29.5. The van der Waals surface area contributed by atoms with Gasteiger partial charge in [-0.15, -0.1) is -0.0619 Å². The second-order valence-corrected chi connectivity index (χ2v) is 21.6. The Balaban J connectivity index is -0.000000319. The Morgan fingerprint density at radius 3 is 1.39 bits per heavy atom.